The third-order valence-corrected chi connectivity index (χ3v) is 4.58. The van der Waals surface area contributed by atoms with E-state index in [4.69, 9.17) is 10.2 Å². The summed E-state index contributed by atoms with van der Waals surface area (Å²) in [5.41, 5.74) is 0. The van der Waals surface area contributed by atoms with Crippen molar-refractivity contribution in [3.05, 3.63) is 30.3 Å². The fourth-order valence-electron chi connectivity index (χ4n) is 0.890. The normalized spacial score (nSPS) is 10.0. The van der Waals surface area contributed by atoms with Gasteiger partial charge in [0.1, 0.15) is 0 Å². The van der Waals surface area contributed by atoms with E-state index in [0.29, 0.717) is 0 Å². The number of halogens is 1. The SMILES string of the molecule is COP(OC)OC.COP(OC)OC.[Cl][Ni][c]1ccccc1. The molecule has 0 fully saturated rings. The Hall–Kier alpha value is 0.624. The number of hydrogen-bond acceptors (Lipinski definition) is 6. The van der Waals surface area contributed by atoms with Crippen LogP contribution in [-0.4, -0.2) is 42.7 Å². The van der Waals surface area contributed by atoms with E-state index in [-0.39, 0.29) is 0 Å². The molecule has 6 nitrogen and oxygen atoms in total. The van der Waals surface area contributed by atoms with Crippen LogP contribution in [0.5, 0.6) is 0 Å². The molecule has 0 spiro atoms. The Balaban J connectivity index is 0. The summed E-state index contributed by atoms with van der Waals surface area (Å²) in [6, 6.07) is 9.87. The van der Waals surface area contributed by atoms with E-state index in [0.717, 1.165) is 18.1 Å². The van der Waals surface area contributed by atoms with Crippen molar-refractivity contribution in [2.45, 2.75) is 0 Å². The van der Waals surface area contributed by atoms with E-state index in [2.05, 4.69) is 27.1 Å². The first-order valence-electron chi connectivity index (χ1n) is 5.73. The monoisotopic (exact) mass is 418 g/mol. The molecular formula is C12H23ClNiO6P2. The molecule has 1 aromatic rings. The van der Waals surface area contributed by atoms with E-state index in [1.807, 2.05) is 30.3 Å². The Kier molecular flexibility index (Phi) is 22.2. The van der Waals surface area contributed by atoms with Gasteiger partial charge >= 0.3 is 75.8 Å². The van der Waals surface area contributed by atoms with Gasteiger partial charge in [-0.1, -0.05) is 0 Å². The molecule has 1 rings (SSSR count). The van der Waals surface area contributed by atoms with Gasteiger partial charge in [-0.05, 0) is 0 Å². The molecule has 10 heteroatoms. The van der Waals surface area contributed by atoms with Gasteiger partial charge in [0.25, 0.3) is 0 Å². The Morgan fingerprint density at radius 2 is 1.00 bits per heavy atom. The zero-order valence-corrected chi connectivity index (χ0v) is 17.0. The van der Waals surface area contributed by atoms with Crippen LogP contribution in [0.15, 0.2) is 30.3 Å². The quantitative estimate of drug-likeness (QED) is 0.494. The van der Waals surface area contributed by atoms with Crippen LogP contribution in [0.1, 0.15) is 0 Å². The summed E-state index contributed by atoms with van der Waals surface area (Å²) >= 11 is 1.08. The zero-order chi connectivity index (χ0) is 17.2. The second-order valence-electron chi connectivity index (χ2n) is 2.86. The standard InChI is InChI=1S/C6H5.2C3H9O3P.ClH.Ni/c1-2-4-6-5-3-1;2*1-4-7(5-2)6-3;;/h1-5H;2*1-3H3;1H;/q;;;;+1/p-1. The molecule has 0 aliphatic heterocycles. The minimum absolute atomic E-state index is 1.05. The molecule has 0 N–H and O–H groups in total. The summed E-state index contributed by atoms with van der Waals surface area (Å²) in [6.07, 6.45) is 0. The van der Waals surface area contributed by atoms with Crippen LogP contribution in [0, 0.1) is 0 Å². The second-order valence-corrected chi connectivity index (χ2v) is 7.20. The molecule has 22 heavy (non-hydrogen) atoms. The Morgan fingerprint density at radius 1 is 0.682 bits per heavy atom. The molecule has 134 valence electrons. The average Bonchev–Trinajstić information content (AvgIpc) is 2.60. The Morgan fingerprint density at radius 3 is 1.14 bits per heavy atom. The second kappa shape index (κ2) is 19.7. The molecule has 0 aromatic heterocycles. The van der Waals surface area contributed by atoms with Crippen molar-refractivity contribution in [3.8, 4) is 0 Å². The summed E-state index contributed by atoms with van der Waals surface area (Å²) in [5.74, 6) is 0. The Bertz CT molecular complexity index is 295. The fraction of sp³-hybridized carbons (Fsp3) is 0.500. The first-order chi connectivity index (χ1) is 10.6. The average molecular weight is 419 g/mol. The van der Waals surface area contributed by atoms with Crippen LogP contribution < -0.4 is 4.53 Å². The molecule has 0 saturated carbocycles. The van der Waals surface area contributed by atoms with E-state index in [9.17, 15) is 0 Å². The van der Waals surface area contributed by atoms with Crippen molar-refractivity contribution >= 4 is 31.9 Å². The van der Waals surface area contributed by atoms with Crippen molar-refractivity contribution in [3.63, 3.8) is 0 Å². The third-order valence-electron chi connectivity index (χ3n) is 1.68. The first-order valence-corrected chi connectivity index (χ1v) is 9.78. The molecule has 0 atom stereocenters. The summed E-state index contributed by atoms with van der Waals surface area (Å²) < 4.78 is 29.1. The fourth-order valence-corrected chi connectivity index (χ4v) is 2.43. The van der Waals surface area contributed by atoms with Crippen molar-refractivity contribution < 1.29 is 40.7 Å². The van der Waals surface area contributed by atoms with Crippen LogP contribution in [-0.2, 0) is 40.7 Å². The summed E-state index contributed by atoms with van der Waals surface area (Å²) in [6.45, 7) is 0. The molecule has 0 bridgehead atoms. The molecule has 0 heterocycles. The van der Waals surface area contributed by atoms with Gasteiger partial charge in [-0.25, -0.2) is 0 Å². The van der Waals surface area contributed by atoms with Crippen molar-refractivity contribution in [1.82, 2.24) is 0 Å². The molecular weight excluding hydrogens is 396 g/mol. The number of rotatable bonds is 7. The van der Waals surface area contributed by atoms with E-state index in [1.54, 1.807) is 42.7 Å². The molecule has 1 aromatic carbocycles. The summed E-state index contributed by atoms with van der Waals surface area (Å²) in [4.78, 5) is 0. The van der Waals surface area contributed by atoms with Crippen molar-refractivity contribution in [1.29, 1.82) is 0 Å². The van der Waals surface area contributed by atoms with Crippen LogP contribution in [0.25, 0.3) is 0 Å². The molecule has 0 amide bonds. The van der Waals surface area contributed by atoms with Crippen molar-refractivity contribution in [2.24, 2.45) is 0 Å². The van der Waals surface area contributed by atoms with Gasteiger partial charge in [-0.15, -0.1) is 0 Å². The number of benzene rings is 1. The summed E-state index contributed by atoms with van der Waals surface area (Å²) in [7, 11) is 12.6. The van der Waals surface area contributed by atoms with Gasteiger partial charge in [0.2, 0.25) is 0 Å². The van der Waals surface area contributed by atoms with Gasteiger partial charge in [-0.2, -0.15) is 0 Å². The van der Waals surface area contributed by atoms with Gasteiger partial charge in [0.05, 0.1) is 0 Å². The van der Waals surface area contributed by atoms with Crippen LogP contribution in [0.3, 0.4) is 0 Å². The summed E-state index contributed by atoms with van der Waals surface area (Å²) in [5, 5.41) is 0. The third kappa shape index (κ3) is 15.5. The predicted molar refractivity (Wildman–Crippen MR) is 87.8 cm³/mol. The Labute approximate surface area is 145 Å². The van der Waals surface area contributed by atoms with E-state index >= 15 is 0 Å². The predicted octanol–water partition coefficient (Wildman–Crippen LogP) is 3.85. The topological polar surface area (TPSA) is 55.4 Å². The van der Waals surface area contributed by atoms with Crippen LogP contribution in [0.4, 0.5) is 0 Å². The molecule has 0 aliphatic rings. The molecule has 0 radical (unpaired) electrons. The minimum atomic E-state index is -1.05. The zero-order valence-electron chi connectivity index (χ0n) is 13.4. The van der Waals surface area contributed by atoms with Crippen LogP contribution in [0.2, 0.25) is 0 Å². The molecule has 0 unspecified atom stereocenters. The van der Waals surface area contributed by atoms with E-state index in [1.165, 1.54) is 0 Å². The van der Waals surface area contributed by atoms with Gasteiger partial charge in [0, 0.05) is 42.7 Å². The van der Waals surface area contributed by atoms with E-state index < -0.39 is 17.2 Å². The van der Waals surface area contributed by atoms with Gasteiger partial charge < -0.3 is 27.1 Å². The first kappa shape index (κ1) is 24.9. The van der Waals surface area contributed by atoms with Gasteiger partial charge in [0.15, 0.2) is 0 Å². The molecule has 0 saturated heterocycles. The molecule has 0 aliphatic carbocycles. The van der Waals surface area contributed by atoms with Crippen LogP contribution >= 0.6 is 27.4 Å². The number of hydrogen-bond donors (Lipinski definition) is 0. The maximum absolute atomic E-state index is 5.46. The maximum atomic E-state index is 5.46. The van der Waals surface area contributed by atoms with Gasteiger partial charge in [-0.3, -0.25) is 0 Å². The van der Waals surface area contributed by atoms with Crippen molar-refractivity contribution in [2.75, 3.05) is 42.7 Å².